The molecule has 0 atom stereocenters. The Morgan fingerprint density at radius 1 is 1.20 bits per heavy atom. The average molecular weight is 147 g/mol. The van der Waals surface area contributed by atoms with Crippen LogP contribution in [-0.2, 0) is 4.84 Å². The zero-order valence-corrected chi connectivity index (χ0v) is 7.21. The zero-order valence-electron chi connectivity index (χ0n) is 7.21. The normalized spacial score (nSPS) is 13.2. The second kappa shape index (κ2) is 3.30. The molecule has 0 amide bonds. The van der Waals surface area contributed by atoms with Crippen LogP contribution < -0.4 is 0 Å². The van der Waals surface area contributed by atoms with Gasteiger partial charge in [0.05, 0.1) is 5.60 Å². The van der Waals surface area contributed by atoms with E-state index in [0.717, 1.165) is 0 Å². The second-order valence-corrected chi connectivity index (χ2v) is 3.29. The molecular formula is C6H15N2O2-. The van der Waals surface area contributed by atoms with Gasteiger partial charge in [-0.3, -0.25) is 4.84 Å². The van der Waals surface area contributed by atoms with E-state index >= 15 is 0 Å². The SMILES string of the molecule is CN(C)N([O-])OC(C)(C)C. The summed E-state index contributed by atoms with van der Waals surface area (Å²) in [6, 6.07) is 0. The molecular weight excluding hydrogens is 132 g/mol. The summed E-state index contributed by atoms with van der Waals surface area (Å²) in [5.74, 6) is 0. The van der Waals surface area contributed by atoms with Gasteiger partial charge in [0.1, 0.15) is 0 Å². The molecule has 0 spiro atoms. The average Bonchev–Trinajstić information content (AvgIpc) is 1.60. The van der Waals surface area contributed by atoms with Gasteiger partial charge in [0.2, 0.25) is 0 Å². The van der Waals surface area contributed by atoms with Gasteiger partial charge in [-0.2, -0.15) is 5.34 Å². The Bertz CT molecular complexity index is 98.4. The fraction of sp³-hybridized carbons (Fsp3) is 1.00. The first-order chi connectivity index (χ1) is 4.33. The molecule has 0 N–H and O–H groups in total. The van der Waals surface area contributed by atoms with Crippen LogP contribution in [0.15, 0.2) is 0 Å². The molecule has 0 aliphatic rings. The van der Waals surface area contributed by atoms with Crippen LogP contribution in [0.5, 0.6) is 0 Å². The maximum atomic E-state index is 10.8. The van der Waals surface area contributed by atoms with Gasteiger partial charge in [-0.15, -0.1) is 0 Å². The largest absolute Gasteiger partial charge is 0.748 e. The van der Waals surface area contributed by atoms with Crippen LogP contribution in [0.1, 0.15) is 20.8 Å². The lowest BCUT2D eigenvalue weighted by atomic mass is 10.2. The van der Waals surface area contributed by atoms with Crippen LogP contribution in [0.25, 0.3) is 0 Å². The van der Waals surface area contributed by atoms with Crippen molar-refractivity contribution in [3.8, 4) is 0 Å². The van der Waals surface area contributed by atoms with Crippen LogP contribution >= 0.6 is 0 Å². The predicted octanol–water partition coefficient (Wildman–Crippen LogP) is 0.993. The molecule has 4 heteroatoms. The summed E-state index contributed by atoms with van der Waals surface area (Å²) in [5, 5.41) is 12.6. The first kappa shape index (κ1) is 9.84. The third-order valence-corrected chi connectivity index (χ3v) is 0.679. The van der Waals surface area contributed by atoms with Crippen molar-refractivity contribution in [2.45, 2.75) is 26.4 Å². The Balaban J connectivity index is 3.68. The fourth-order valence-corrected chi connectivity index (χ4v) is 0.316. The van der Waals surface area contributed by atoms with Crippen LogP contribution in [-0.4, -0.2) is 30.0 Å². The van der Waals surface area contributed by atoms with Crippen molar-refractivity contribution in [2.75, 3.05) is 14.1 Å². The molecule has 0 aliphatic carbocycles. The van der Waals surface area contributed by atoms with E-state index in [1.54, 1.807) is 14.1 Å². The minimum absolute atomic E-state index is 0.425. The van der Waals surface area contributed by atoms with Crippen molar-refractivity contribution in [1.29, 1.82) is 0 Å². The summed E-state index contributed by atoms with van der Waals surface area (Å²) >= 11 is 0. The number of hydrogen-bond donors (Lipinski definition) is 0. The highest BCUT2D eigenvalue weighted by molar-refractivity contribution is 4.56. The molecule has 0 aliphatic heterocycles. The third kappa shape index (κ3) is 4.69. The summed E-state index contributed by atoms with van der Waals surface area (Å²) in [5.41, 5.74) is -0.425. The molecule has 0 heterocycles. The van der Waals surface area contributed by atoms with E-state index in [1.165, 1.54) is 5.01 Å². The molecule has 0 bridgehead atoms. The standard InChI is InChI=1S/C6H15N2O2/c1-6(2,3)10-8(9)7(4)5/h1-5H3/q-1. The Kier molecular flexibility index (Phi) is 3.24. The monoisotopic (exact) mass is 147 g/mol. The Labute approximate surface area is 61.9 Å². The summed E-state index contributed by atoms with van der Waals surface area (Å²) < 4.78 is 0. The van der Waals surface area contributed by atoms with Gasteiger partial charge < -0.3 is 5.21 Å². The number of hydrogen-bond acceptors (Lipinski definition) is 4. The first-order valence-electron chi connectivity index (χ1n) is 3.16. The van der Waals surface area contributed by atoms with Gasteiger partial charge in [-0.25, -0.2) is 5.01 Å². The molecule has 0 aromatic rings. The third-order valence-electron chi connectivity index (χ3n) is 0.679. The van der Waals surface area contributed by atoms with Crippen LogP contribution in [0.2, 0.25) is 0 Å². The van der Waals surface area contributed by atoms with E-state index in [1.807, 2.05) is 20.8 Å². The maximum absolute atomic E-state index is 10.8. The minimum Gasteiger partial charge on any atom is -0.748 e. The van der Waals surface area contributed by atoms with Crippen LogP contribution in [0.4, 0.5) is 0 Å². The van der Waals surface area contributed by atoms with E-state index in [2.05, 4.69) is 0 Å². The van der Waals surface area contributed by atoms with Gasteiger partial charge in [-0.1, -0.05) is 0 Å². The van der Waals surface area contributed by atoms with Crippen molar-refractivity contribution in [1.82, 2.24) is 10.3 Å². The highest BCUT2D eigenvalue weighted by Crippen LogP contribution is 2.09. The minimum atomic E-state index is -0.425. The molecule has 0 radical (unpaired) electrons. The molecule has 0 saturated carbocycles. The Morgan fingerprint density at radius 2 is 1.60 bits per heavy atom. The molecule has 0 aromatic carbocycles. The topological polar surface area (TPSA) is 38.8 Å². The lowest BCUT2D eigenvalue weighted by molar-refractivity contribution is -0.285. The van der Waals surface area contributed by atoms with Crippen molar-refractivity contribution in [2.24, 2.45) is 0 Å². The van der Waals surface area contributed by atoms with Gasteiger partial charge >= 0.3 is 0 Å². The van der Waals surface area contributed by atoms with Crippen molar-refractivity contribution >= 4 is 0 Å². The number of hydrazine groups is 1. The molecule has 0 unspecified atom stereocenters. The highest BCUT2D eigenvalue weighted by atomic mass is 16.9. The van der Waals surface area contributed by atoms with E-state index in [-0.39, 0.29) is 0 Å². The Hall–Kier alpha value is -0.160. The van der Waals surface area contributed by atoms with E-state index in [9.17, 15) is 5.21 Å². The van der Waals surface area contributed by atoms with E-state index in [0.29, 0.717) is 5.34 Å². The van der Waals surface area contributed by atoms with Crippen LogP contribution in [0.3, 0.4) is 0 Å². The molecule has 0 rings (SSSR count). The quantitative estimate of drug-likeness (QED) is 0.546. The van der Waals surface area contributed by atoms with Crippen molar-refractivity contribution < 1.29 is 4.84 Å². The highest BCUT2D eigenvalue weighted by Gasteiger charge is 2.11. The summed E-state index contributed by atoms with van der Waals surface area (Å²) in [6.45, 7) is 5.46. The van der Waals surface area contributed by atoms with Gasteiger partial charge in [0, 0.05) is 14.1 Å². The number of rotatable bonds is 2. The molecule has 0 fully saturated rings. The van der Waals surface area contributed by atoms with Gasteiger partial charge in [0.15, 0.2) is 0 Å². The molecule has 0 aromatic heterocycles. The van der Waals surface area contributed by atoms with Crippen molar-refractivity contribution in [3.63, 3.8) is 0 Å². The fourth-order valence-electron chi connectivity index (χ4n) is 0.316. The molecule has 62 valence electrons. The van der Waals surface area contributed by atoms with Crippen LogP contribution in [0, 0.1) is 5.21 Å². The maximum Gasteiger partial charge on any atom is 0.0820 e. The number of nitrogens with zero attached hydrogens (tertiary/aromatic N) is 2. The van der Waals surface area contributed by atoms with E-state index in [4.69, 9.17) is 4.84 Å². The molecule has 10 heavy (non-hydrogen) atoms. The predicted molar refractivity (Wildman–Crippen MR) is 39.7 cm³/mol. The summed E-state index contributed by atoms with van der Waals surface area (Å²) in [4.78, 5) is 4.90. The second-order valence-electron chi connectivity index (χ2n) is 3.29. The lowest BCUT2D eigenvalue weighted by Gasteiger charge is -2.38. The van der Waals surface area contributed by atoms with E-state index < -0.39 is 5.60 Å². The Morgan fingerprint density at radius 3 is 1.70 bits per heavy atom. The molecule has 0 saturated heterocycles. The molecule has 4 nitrogen and oxygen atoms in total. The van der Waals surface area contributed by atoms with Gasteiger partial charge in [0.25, 0.3) is 0 Å². The smallest absolute Gasteiger partial charge is 0.0820 e. The lowest BCUT2D eigenvalue weighted by Crippen LogP contribution is -2.38. The first-order valence-corrected chi connectivity index (χ1v) is 3.16. The van der Waals surface area contributed by atoms with Crippen molar-refractivity contribution in [3.05, 3.63) is 5.21 Å². The zero-order chi connectivity index (χ0) is 8.36. The van der Waals surface area contributed by atoms with Gasteiger partial charge in [-0.05, 0) is 20.8 Å². The summed E-state index contributed by atoms with van der Waals surface area (Å²) in [6.07, 6.45) is 0. The summed E-state index contributed by atoms with van der Waals surface area (Å²) in [7, 11) is 3.25.